The molecule has 0 aliphatic rings. The molecule has 4 aromatic rings. The number of aromatic amines is 1. The van der Waals surface area contributed by atoms with Crippen LogP contribution in [0.5, 0.6) is 0 Å². The highest BCUT2D eigenvalue weighted by Gasteiger charge is 2.23. The van der Waals surface area contributed by atoms with Crippen LogP contribution < -0.4 is 5.32 Å². The largest absolute Gasteiger partial charge is 0.480 e. The topological polar surface area (TPSA) is 82.2 Å². The number of rotatable bonds is 5. The van der Waals surface area contributed by atoms with Crippen LogP contribution in [0.3, 0.4) is 0 Å². The fourth-order valence-electron chi connectivity index (χ4n) is 3.08. The highest BCUT2D eigenvalue weighted by atomic mass is 32.1. The van der Waals surface area contributed by atoms with E-state index < -0.39 is 17.9 Å². The zero-order valence-corrected chi connectivity index (χ0v) is 14.8. The molecule has 1 amide bonds. The number of benzene rings is 2. The van der Waals surface area contributed by atoms with Crippen molar-refractivity contribution in [2.24, 2.45) is 0 Å². The third-order valence-corrected chi connectivity index (χ3v) is 5.52. The number of halogens is 1. The molecule has 0 aliphatic carbocycles. The monoisotopic (exact) mass is 382 g/mol. The average molecular weight is 382 g/mol. The molecule has 27 heavy (non-hydrogen) atoms. The maximum Gasteiger partial charge on any atom is 0.326 e. The van der Waals surface area contributed by atoms with Crippen LogP contribution in [0.15, 0.2) is 54.7 Å². The van der Waals surface area contributed by atoms with Gasteiger partial charge in [0.1, 0.15) is 11.9 Å². The highest BCUT2D eigenvalue weighted by Crippen LogP contribution is 2.26. The lowest BCUT2D eigenvalue weighted by atomic mass is 10.0. The predicted octanol–water partition coefficient (Wildman–Crippen LogP) is 3.95. The Balaban J connectivity index is 1.57. The summed E-state index contributed by atoms with van der Waals surface area (Å²) in [6.07, 6.45) is 1.92. The maximum absolute atomic E-state index is 13.3. The second-order valence-corrected chi connectivity index (χ2v) is 7.30. The molecule has 0 aliphatic heterocycles. The van der Waals surface area contributed by atoms with E-state index in [1.54, 1.807) is 18.3 Å². The summed E-state index contributed by atoms with van der Waals surface area (Å²) in [5.74, 6) is -1.97. The Morgan fingerprint density at radius 2 is 2.00 bits per heavy atom. The van der Waals surface area contributed by atoms with Gasteiger partial charge in [-0.3, -0.25) is 4.79 Å². The summed E-state index contributed by atoms with van der Waals surface area (Å²) in [5, 5.41) is 13.7. The number of carbonyl (C=O) groups excluding carboxylic acids is 1. The molecule has 1 atom stereocenters. The van der Waals surface area contributed by atoms with E-state index in [4.69, 9.17) is 0 Å². The Morgan fingerprint density at radius 1 is 1.19 bits per heavy atom. The van der Waals surface area contributed by atoms with Crippen LogP contribution in [0.4, 0.5) is 4.39 Å². The van der Waals surface area contributed by atoms with E-state index in [2.05, 4.69) is 10.3 Å². The Morgan fingerprint density at radius 3 is 2.81 bits per heavy atom. The van der Waals surface area contributed by atoms with Crippen molar-refractivity contribution in [1.29, 1.82) is 0 Å². The molecular weight excluding hydrogens is 367 g/mol. The molecule has 7 heteroatoms. The second-order valence-electron chi connectivity index (χ2n) is 6.22. The second kappa shape index (κ2) is 6.85. The molecule has 0 bridgehead atoms. The van der Waals surface area contributed by atoms with E-state index in [9.17, 15) is 19.1 Å². The molecule has 0 saturated carbocycles. The van der Waals surface area contributed by atoms with Crippen LogP contribution in [-0.2, 0) is 11.2 Å². The van der Waals surface area contributed by atoms with E-state index in [0.717, 1.165) is 21.2 Å². The van der Waals surface area contributed by atoms with E-state index in [1.165, 1.54) is 23.5 Å². The minimum atomic E-state index is -1.11. The number of amides is 1. The first-order valence-electron chi connectivity index (χ1n) is 8.29. The van der Waals surface area contributed by atoms with E-state index in [1.807, 2.05) is 24.3 Å². The Bertz CT molecular complexity index is 1160. The first kappa shape index (κ1) is 17.2. The molecule has 0 saturated heterocycles. The Hall–Kier alpha value is -3.19. The summed E-state index contributed by atoms with van der Waals surface area (Å²) >= 11 is 1.20. The van der Waals surface area contributed by atoms with Gasteiger partial charge in [0.25, 0.3) is 5.91 Å². The van der Waals surface area contributed by atoms with Gasteiger partial charge in [-0.2, -0.15) is 0 Å². The van der Waals surface area contributed by atoms with E-state index in [0.29, 0.717) is 10.3 Å². The van der Waals surface area contributed by atoms with Gasteiger partial charge < -0.3 is 15.4 Å². The normalized spacial score (nSPS) is 12.3. The van der Waals surface area contributed by atoms with Crippen LogP contribution >= 0.6 is 11.3 Å². The van der Waals surface area contributed by atoms with Crippen LogP contribution in [0.2, 0.25) is 0 Å². The van der Waals surface area contributed by atoms with Crippen LogP contribution in [0.25, 0.3) is 21.0 Å². The number of nitrogens with one attached hydrogen (secondary N) is 2. The number of aromatic nitrogens is 1. The zero-order chi connectivity index (χ0) is 19.0. The van der Waals surface area contributed by atoms with Crippen molar-refractivity contribution < 1.29 is 19.1 Å². The number of H-pyrrole nitrogens is 1. The third-order valence-electron chi connectivity index (χ3n) is 4.40. The lowest BCUT2D eigenvalue weighted by Crippen LogP contribution is -2.42. The van der Waals surface area contributed by atoms with Gasteiger partial charge in [-0.15, -0.1) is 11.3 Å². The van der Waals surface area contributed by atoms with Gasteiger partial charge in [0.05, 0.1) is 4.88 Å². The van der Waals surface area contributed by atoms with E-state index >= 15 is 0 Å². The molecule has 2 heterocycles. The number of carboxylic acid groups (broad SMARTS) is 1. The molecule has 136 valence electrons. The molecule has 5 nitrogen and oxygen atoms in total. The van der Waals surface area contributed by atoms with Crippen molar-refractivity contribution in [3.63, 3.8) is 0 Å². The summed E-state index contributed by atoms with van der Waals surface area (Å²) in [4.78, 5) is 27.7. The van der Waals surface area contributed by atoms with Crippen molar-refractivity contribution in [3.05, 3.63) is 71.0 Å². The molecule has 0 unspecified atom stereocenters. The quantitative estimate of drug-likeness (QED) is 0.489. The van der Waals surface area contributed by atoms with Gasteiger partial charge in [0.15, 0.2) is 0 Å². The molecule has 0 spiro atoms. The van der Waals surface area contributed by atoms with Gasteiger partial charge in [-0.1, -0.05) is 18.2 Å². The molecule has 2 aromatic carbocycles. The van der Waals surface area contributed by atoms with Gasteiger partial charge in [-0.05, 0) is 41.3 Å². The molecule has 0 fully saturated rings. The molecule has 2 aromatic heterocycles. The summed E-state index contributed by atoms with van der Waals surface area (Å²) in [5.41, 5.74) is 1.73. The first-order valence-corrected chi connectivity index (χ1v) is 9.10. The Labute approximate surface area is 157 Å². The van der Waals surface area contributed by atoms with Gasteiger partial charge in [-0.25, -0.2) is 9.18 Å². The summed E-state index contributed by atoms with van der Waals surface area (Å²) in [7, 11) is 0. The minimum absolute atomic E-state index is 0.157. The minimum Gasteiger partial charge on any atom is -0.480 e. The van der Waals surface area contributed by atoms with Crippen LogP contribution in [0.1, 0.15) is 15.2 Å². The number of para-hydroxylation sites is 1. The van der Waals surface area contributed by atoms with Crippen molar-refractivity contribution in [2.45, 2.75) is 12.5 Å². The molecular formula is C20H15FN2O3S. The number of fused-ring (bicyclic) bond motifs is 2. The maximum atomic E-state index is 13.3. The van der Waals surface area contributed by atoms with Crippen molar-refractivity contribution in [2.75, 3.05) is 0 Å². The smallest absolute Gasteiger partial charge is 0.326 e. The molecule has 3 N–H and O–H groups in total. The van der Waals surface area contributed by atoms with Crippen LogP contribution in [0, 0.1) is 5.82 Å². The molecule has 4 rings (SSSR count). The molecule has 0 radical (unpaired) electrons. The SMILES string of the molecule is O=C(N[C@@H](Cc1c[nH]c2ccccc12)C(=O)O)c1cc2cc(F)ccc2s1. The third kappa shape index (κ3) is 3.41. The zero-order valence-electron chi connectivity index (χ0n) is 14.0. The number of hydrogen-bond donors (Lipinski definition) is 3. The summed E-state index contributed by atoms with van der Waals surface area (Å²) in [6, 6.07) is 12.4. The standard InChI is InChI=1S/C20H15FN2O3S/c21-13-5-6-17-11(7-13)9-18(27-17)19(24)23-16(20(25)26)8-12-10-22-15-4-2-1-3-14(12)15/h1-7,9-10,16,22H,8H2,(H,23,24)(H,25,26)/t16-/m0/s1. The van der Waals surface area contributed by atoms with Crippen LogP contribution in [-0.4, -0.2) is 28.0 Å². The fourth-order valence-corrected chi connectivity index (χ4v) is 4.02. The highest BCUT2D eigenvalue weighted by molar-refractivity contribution is 7.20. The lowest BCUT2D eigenvalue weighted by Gasteiger charge is -2.13. The predicted molar refractivity (Wildman–Crippen MR) is 103 cm³/mol. The van der Waals surface area contributed by atoms with Gasteiger partial charge >= 0.3 is 5.97 Å². The summed E-state index contributed by atoms with van der Waals surface area (Å²) in [6.45, 7) is 0. The fraction of sp³-hybridized carbons (Fsp3) is 0.100. The average Bonchev–Trinajstić information content (AvgIpc) is 3.25. The van der Waals surface area contributed by atoms with E-state index in [-0.39, 0.29) is 12.2 Å². The first-order chi connectivity index (χ1) is 13.0. The lowest BCUT2D eigenvalue weighted by molar-refractivity contribution is -0.139. The van der Waals surface area contributed by atoms with Gasteiger partial charge in [0.2, 0.25) is 0 Å². The number of carboxylic acids is 1. The Kier molecular flexibility index (Phi) is 4.37. The van der Waals surface area contributed by atoms with Gasteiger partial charge in [0, 0.05) is 28.2 Å². The number of aliphatic carboxylic acids is 1. The number of hydrogen-bond acceptors (Lipinski definition) is 3. The number of thiophene rings is 1. The van der Waals surface area contributed by atoms with Crippen molar-refractivity contribution in [1.82, 2.24) is 10.3 Å². The van der Waals surface area contributed by atoms with Crippen molar-refractivity contribution >= 4 is 44.2 Å². The summed E-state index contributed by atoms with van der Waals surface area (Å²) < 4.78 is 14.1. The number of carbonyl (C=O) groups is 2. The van der Waals surface area contributed by atoms with Crippen molar-refractivity contribution in [3.8, 4) is 0 Å².